The standard InChI is InChI=1S/C12H17NOS/c1-3-13-12(14)11-10-7-5-4-6-9(10)8(2)15-11/h3-7H2,1-2H3,(H,13,14). The number of thiophene rings is 1. The van der Waals surface area contributed by atoms with Crippen LogP contribution in [0.4, 0.5) is 0 Å². The van der Waals surface area contributed by atoms with Crippen LogP contribution in [0, 0.1) is 6.92 Å². The molecule has 0 atom stereocenters. The number of hydrogen-bond donors (Lipinski definition) is 1. The molecule has 0 saturated heterocycles. The van der Waals surface area contributed by atoms with Crippen LogP contribution in [0.2, 0.25) is 0 Å². The van der Waals surface area contributed by atoms with Crippen molar-refractivity contribution in [1.29, 1.82) is 0 Å². The normalized spacial score (nSPS) is 14.8. The van der Waals surface area contributed by atoms with Crippen molar-refractivity contribution < 1.29 is 4.79 Å². The summed E-state index contributed by atoms with van der Waals surface area (Å²) in [6.07, 6.45) is 4.76. The van der Waals surface area contributed by atoms with Crippen LogP contribution in [-0.4, -0.2) is 12.5 Å². The van der Waals surface area contributed by atoms with Crippen molar-refractivity contribution >= 4 is 17.2 Å². The van der Waals surface area contributed by atoms with Gasteiger partial charge in [0.05, 0.1) is 4.88 Å². The molecule has 1 aliphatic carbocycles. The summed E-state index contributed by atoms with van der Waals surface area (Å²) >= 11 is 1.67. The van der Waals surface area contributed by atoms with Gasteiger partial charge in [0.15, 0.2) is 0 Å². The van der Waals surface area contributed by atoms with Gasteiger partial charge in [0.25, 0.3) is 5.91 Å². The van der Waals surface area contributed by atoms with Gasteiger partial charge in [0.1, 0.15) is 0 Å². The zero-order valence-electron chi connectivity index (χ0n) is 9.35. The number of nitrogens with one attached hydrogen (secondary N) is 1. The molecule has 0 aromatic carbocycles. The molecule has 0 unspecified atom stereocenters. The molecule has 3 heteroatoms. The molecule has 82 valence electrons. The molecule has 0 fully saturated rings. The number of hydrogen-bond acceptors (Lipinski definition) is 2. The van der Waals surface area contributed by atoms with E-state index < -0.39 is 0 Å². The maximum atomic E-state index is 11.8. The van der Waals surface area contributed by atoms with Gasteiger partial charge < -0.3 is 5.32 Å². The van der Waals surface area contributed by atoms with Crippen LogP contribution in [-0.2, 0) is 12.8 Å². The van der Waals surface area contributed by atoms with E-state index in [0.29, 0.717) is 6.54 Å². The van der Waals surface area contributed by atoms with Gasteiger partial charge in [-0.25, -0.2) is 0 Å². The third kappa shape index (κ3) is 1.93. The lowest BCUT2D eigenvalue weighted by Crippen LogP contribution is -2.23. The van der Waals surface area contributed by atoms with Gasteiger partial charge in [-0.05, 0) is 50.7 Å². The number of amides is 1. The number of carbonyl (C=O) groups is 1. The average Bonchev–Trinajstić information content (AvgIpc) is 2.58. The summed E-state index contributed by atoms with van der Waals surface area (Å²) in [6.45, 7) is 4.81. The third-order valence-electron chi connectivity index (χ3n) is 2.97. The second kappa shape index (κ2) is 4.35. The minimum absolute atomic E-state index is 0.119. The maximum absolute atomic E-state index is 11.8. The Morgan fingerprint density at radius 3 is 2.67 bits per heavy atom. The average molecular weight is 223 g/mol. The Labute approximate surface area is 94.7 Å². The summed E-state index contributed by atoms with van der Waals surface area (Å²) in [4.78, 5) is 14.1. The Hall–Kier alpha value is -0.830. The van der Waals surface area contributed by atoms with Crippen molar-refractivity contribution in [3.63, 3.8) is 0 Å². The Morgan fingerprint density at radius 1 is 1.33 bits per heavy atom. The van der Waals surface area contributed by atoms with E-state index in [2.05, 4.69) is 12.2 Å². The van der Waals surface area contributed by atoms with E-state index >= 15 is 0 Å². The quantitative estimate of drug-likeness (QED) is 0.820. The number of fused-ring (bicyclic) bond motifs is 1. The minimum Gasteiger partial charge on any atom is -0.352 e. The van der Waals surface area contributed by atoms with Crippen molar-refractivity contribution in [1.82, 2.24) is 5.32 Å². The van der Waals surface area contributed by atoms with E-state index in [1.165, 1.54) is 28.8 Å². The Balaban J connectivity index is 2.35. The van der Waals surface area contributed by atoms with Crippen LogP contribution in [0.1, 0.15) is 45.4 Å². The molecule has 2 rings (SSSR count). The molecule has 1 aliphatic rings. The highest BCUT2D eigenvalue weighted by Crippen LogP contribution is 2.33. The van der Waals surface area contributed by atoms with Crippen LogP contribution in [0.25, 0.3) is 0 Å². The summed E-state index contributed by atoms with van der Waals surface area (Å²) in [6, 6.07) is 0. The molecule has 2 nitrogen and oxygen atoms in total. The van der Waals surface area contributed by atoms with E-state index in [4.69, 9.17) is 0 Å². The van der Waals surface area contributed by atoms with Gasteiger partial charge in [-0.1, -0.05) is 0 Å². The molecule has 0 spiro atoms. The molecular weight excluding hydrogens is 206 g/mol. The molecule has 0 aliphatic heterocycles. The Bertz CT molecular complexity index is 381. The largest absolute Gasteiger partial charge is 0.352 e. The monoisotopic (exact) mass is 223 g/mol. The van der Waals surface area contributed by atoms with Crippen molar-refractivity contribution in [2.75, 3.05) is 6.54 Å². The van der Waals surface area contributed by atoms with Crippen LogP contribution in [0.5, 0.6) is 0 Å². The first-order chi connectivity index (χ1) is 7.24. The first-order valence-corrected chi connectivity index (χ1v) is 6.45. The van der Waals surface area contributed by atoms with E-state index in [-0.39, 0.29) is 5.91 Å². The molecule has 0 radical (unpaired) electrons. The Kier molecular flexibility index (Phi) is 3.10. The highest BCUT2D eigenvalue weighted by molar-refractivity contribution is 7.14. The van der Waals surface area contributed by atoms with Crippen LogP contribution in [0.15, 0.2) is 0 Å². The summed E-state index contributed by atoms with van der Waals surface area (Å²) in [5.41, 5.74) is 2.78. The predicted molar refractivity (Wildman–Crippen MR) is 63.7 cm³/mol. The van der Waals surface area contributed by atoms with Crippen molar-refractivity contribution in [2.45, 2.75) is 39.5 Å². The summed E-state index contributed by atoms with van der Waals surface area (Å²) in [5.74, 6) is 0.119. The van der Waals surface area contributed by atoms with Crippen molar-refractivity contribution in [2.24, 2.45) is 0 Å². The molecule has 1 aromatic heterocycles. The summed E-state index contributed by atoms with van der Waals surface area (Å²) < 4.78 is 0. The predicted octanol–water partition coefficient (Wildman–Crippen LogP) is 2.69. The van der Waals surface area contributed by atoms with E-state index in [9.17, 15) is 4.79 Å². The topological polar surface area (TPSA) is 29.1 Å². The Morgan fingerprint density at radius 2 is 2.00 bits per heavy atom. The zero-order chi connectivity index (χ0) is 10.8. The van der Waals surface area contributed by atoms with Crippen LogP contribution < -0.4 is 5.32 Å². The zero-order valence-corrected chi connectivity index (χ0v) is 10.2. The van der Waals surface area contributed by atoms with Gasteiger partial charge in [-0.3, -0.25) is 4.79 Å². The lowest BCUT2D eigenvalue weighted by Gasteiger charge is -2.13. The smallest absolute Gasteiger partial charge is 0.261 e. The van der Waals surface area contributed by atoms with E-state index in [1.807, 2.05) is 6.92 Å². The maximum Gasteiger partial charge on any atom is 0.261 e. The van der Waals surface area contributed by atoms with Gasteiger partial charge in [0.2, 0.25) is 0 Å². The van der Waals surface area contributed by atoms with Crippen molar-refractivity contribution in [3.8, 4) is 0 Å². The van der Waals surface area contributed by atoms with E-state index in [1.54, 1.807) is 11.3 Å². The number of aryl methyl sites for hydroxylation is 1. The van der Waals surface area contributed by atoms with Gasteiger partial charge in [-0.15, -0.1) is 11.3 Å². The van der Waals surface area contributed by atoms with Gasteiger partial charge in [0, 0.05) is 11.4 Å². The highest BCUT2D eigenvalue weighted by Gasteiger charge is 2.22. The van der Waals surface area contributed by atoms with Gasteiger partial charge >= 0.3 is 0 Å². The SMILES string of the molecule is CCNC(=O)c1sc(C)c2c1CCCC2. The third-order valence-corrected chi connectivity index (χ3v) is 4.15. The lowest BCUT2D eigenvalue weighted by atomic mass is 9.92. The highest BCUT2D eigenvalue weighted by atomic mass is 32.1. The fraction of sp³-hybridized carbons (Fsp3) is 0.583. The van der Waals surface area contributed by atoms with Crippen LogP contribution >= 0.6 is 11.3 Å². The van der Waals surface area contributed by atoms with Gasteiger partial charge in [-0.2, -0.15) is 0 Å². The molecule has 1 N–H and O–H groups in total. The van der Waals surface area contributed by atoms with E-state index in [0.717, 1.165) is 17.7 Å². The fourth-order valence-corrected chi connectivity index (χ4v) is 3.41. The second-order valence-electron chi connectivity index (χ2n) is 4.01. The van der Waals surface area contributed by atoms with Crippen LogP contribution in [0.3, 0.4) is 0 Å². The summed E-state index contributed by atoms with van der Waals surface area (Å²) in [5, 5.41) is 2.90. The molecule has 1 amide bonds. The lowest BCUT2D eigenvalue weighted by molar-refractivity contribution is 0.0959. The number of carbonyl (C=O) groups excluding carboxylic acids is 1. The number of rotatable bonds is 2. The minimum atomic E-state index is 0.119. The molecule has 0 saturated carbocycles. The molecule has 1 heterocycles. The molecule has 1 aromatic rings. The first kappa shape index (κ1) is 10.7. The fourth-order valence-electron chi connectivity index (χ4n) is 2.24. The molecular formula is C12H17NOS. The second-order valence-corrected chi connectivity index (χ2v) is 5.24. The van der Waals surface area contributed by atoms with Crippen molar-refractivity contribution in [3.05, 3.63) is 20.9 Å². The molecule has 0 bridgehead atoms. The summed E-state index contributed by atoms with van der Waals surface area (Å²) in [7, 11) is 0. The molecule has 15 heavy (non-hydrogen) atoms. The first-order valence-electron chi connectivity index (χ1n) is 5.63.